The molecule has 0 atom stereocenters. The van der Waals surface area contributed by atoms with Gasteiger partial charge in [-0.2, -0.15) is 0 Å². The van der Waals surface area contributed by atoms with Gasteiger partial charge in [-0.25, -0.2) is 9.97 Å². The summed E-state index contributed by atoms with van der Waals surface area (Å²) < 4.78 is 5.20. The first-order valence-electron chi connectivity index (χ1n) is 6.14. The molecule has 2 heterocycles. The highest BCUT2D eigenvalue weighted by Crippen LogP contribution is 2.32. The van der Waals surface area contributed by atoms with Crippen LogP contribution >= 0.6 is 11.3 Å². The second-order valence-corrected chi connectivity index (χ2v) is 5.21. The van der Waals surface area contributed by atoms with Crippen LogP contribution in [-0.2, 0) is 0 Å². The van der Waals surface area contributed by atoms with Gasteiger partial charge < -0.3 is 15.8 Å². The van der Waals surface area contributed by atoms with Crippen molar-refractivity contribution < 1.29 is 9.53 Å². The number of ether oxygens (including phenoxy) is 1. The molecule has 3 rings (SSSR count). The van der Waals surface area contributed by atoms with Crippen LogP contribution in [0.25, 0.3) is 10.3 Å². The Morgan fingerprint density at radius 2 is 2.05 bits per heavy atom. The van der Waals surface area contributed by atoms with Gasteiger partial charge in [-0.15, -0.1) is 11.3 Å². The monoisotopic (exact) mass is 300 g/mol. The van der Waals surface area contributed by atoms with E-state index in [1.165, 1.54) is 11.3 Å². The molecule has 0 fully saturated rings. The summed E-state index contributed by atoms with van der Waals surface area (Å²) in [6.07, 6.45) is 3.12. The number of nitrogens with two attached hydrogens (primary N) is 1. The Labute approximate surface area is 124 Å². The van der Waals surface area contributed by atoms with Crippen LogP contribution in [0.1, 0.15) is 9.67 Å². The largest absolute Gasteiger partial charge is 0.495 e. The van der Waals surface area contributed by atoms with Gasteiger partial charge in [-0.05, 0) is 12.1 Å². The summed E-state index contributed by atoms with van der Waals surface area (Å²) in [5, 5.41) is 2.79. The predicted molar refractivity (Wildman–Crippen MR) is 82.8 cm³/mol. The molecule has 0 aliphatic carbocycles. The topological polar surface area (TPSA) is 90.1 Å². The SMILES string of the molecule is COc1ccccc1NC(=O)c1sc2nccnc2c1N. The number of benzene rings is 1. The van der Waals surface area contributed by atoms with Gasteiger partial charge in [0.2, 0.25) is 0 Å². The molecule has 0 unspecified atom stereocenters. The van der Waals surface area contributed by atoms with Gasteiger partial charge >= 0.3 is 0 Å². The minimum absolute atomic E-state index is 0.304. The van der Waals surface area contributed by atoms with Crippen molar-refractivity contribution in [2.75, 3.05) is 18.2 Å². The van der Waals surface area contributed by atoms with E-state index in [9.17, 15) is 4.79 Å². The number of nitrogens with zero attached hydrogens (tertiary/aromatic N) is 2. The number of anilines is 2. The average Bonchev–Trinajstić information content (AvgIpc) is 2.85. The lowest BCUT2D eigenvalue weighted by atomic mass is 10.2. The highest BCUT2D eigenvalue weighted by molar-refractivity contribution is 7.21. The summed E-state index contributed by atoms with van der Waals surface area (Å²) in [6.45, 7) is 0. The van der Waals surface area contributed by atoms with Crippen molar-refractivity contribution in [2.24, 2.45) is 0 Å². The average molecular weight is 300 g/mol. The molecular weight excluding hydrogens is 288 g/mol. The number of methoxy groups -OCH3 is 1. The molecule has 106 valence electrons. The summed E-state index contributed by atoms with van der Waals surface area (Å²) in [4.78, 5) is 21.7. The van der Waals surface area contributed by atoms with Crippen molar-refractivity contribution in [2.45, 2.75) is 0 Å². The van der Waals surface area contributed by atoms with Gasteiger partial charge in [0.15, 0.2) is 0 Å². The number of rotatable bonds is 3. The normalized spacial score (nSPS) is 10.5. The van der Waals surface area contributed by atoms with Crippen LogP contribution in [-0.4, -0.2) is 23.0 Å². The number of para-hydroxylation sites is 2. The highest BCUT2D eigenvalue weighted by atomic mass is 32.1. The zero-order valence-corrected chi connectivity index (χ0v) is 12.0. The minimum Gasteiger partial charge on any atom is -0.495 e. The number of hydrogen-bond acceptors (Lipinski definition) is 6. The molecule has 1 aromatic carbocycles. The Morgan fingerprint density at radius 3 is 2.81 bits per heavy atom. The molecule has 0 aliphatic rings. The lowest BCUT2D eigenvalue weighted by Gasteiger charge is -2.09. The summed E-state index contributed by atoms with van der Waals surface area (Å²) >= 11 is 1.21. The smallest absolute Gasteiger partial charge is 0.268 e. The molecule has 6 nitrogen and oxygen atoms in total. The number of nitrogen functional groups attached to an aromatic ring is 1. The standard InChI is InChI=1S/C14H12N4O2S/c1-20-9-5-3-2-4-8(9)18-13(19)12-10(15)11-14(21-12)17-7-6-16-11/h2-7H,15H2,1H3,(H,18,19). The van der Waals surface area contributed by atoms with Crippen molar-refractivity contribution >= 4 is 39.0 Å². The van der Waals surface area contributed by atoms with Gasteiger partial charge in [-0.1, -0.05) is 12.1 Å². The van der Waals surface area contributed by atoms with Gasteiger partial charge in [0, 0.05) is 12.4 Å². The molecule has 0 saturated carbocycles. The quantitative estimate of drug-likeness (QED) is 0.775. The molecule has 7 heteroatoms. The fourth-order valence-electron chi connectivity index (χ4n) is 1.94. The maximum atomic E-state index is 12.4. The van der Waals surface area contributed by atoms with E-state index in [1.807, 2.05) is 12.1 Å². The van der Waals surface area contributed by atoms with Gasteiger partial charge in [0.25, 0.3) is 5.91 Å². The lowest BCUT2D eigenvalue weighted by Crippen LogP contribution is -2.12. The number of aromatic nitrogens is 2. The first-order valence-corrected chi connectivity index (χ1v) is 6.95. The van der Waals surface area contributed by atoms with E-state index in [4.69, 9.17) is 10.5 Å². The third kappa shape index (κ3) is 2.38. The van der Waals surface area contributed by atoms with Crippen molar-refractivity contribution in [3.8, 4) is 5.75 Å². The lowest BCUT2D eigenvalue weighted by molar-refractivity contribution is 0.103. The fraction of sp³-hybridized carbons (Fsp3) is 0.0714. The molecule has 0 spiro atoms. The van der Waals surface area contributed by atoms with Crippen LogP contribution in [0, 0.1) is 0 Å². The maximum absolute atomic E-state index is 12.4. The number of hydrogen-bond donors (Lipinski definition) is 2. The summed E-state index contributed by atoms with van der Waals surface area (Å²) in [7, 11) is 1.55. The number of fused-ring (bicyclic) bond motifs is 1. The molecule has 0 aliphatic heterocycles. The zero-order valence-electron chi connectivity index (χ0n) is 11.2. The molecule has 3 aromatic rings. The maximum Gasteiger partial charge on any atom is 0.268 e. The Kier molecular flexibility index (Phi) is 3.41. The van der Waals surface area contributed by atoms with E-state index in [1.54, 1.807) is 31.6 Å². The Morgan fingerprint density at radius 1 is 1.29 bits per heavy atom. The number of thiophene rings is 1. The highest BCUT2D eigenvalue weighted by Gasteiger charge is 2.18. The fourth-order valence-corrected chi connectivity index (χ4v) is 2.86. The van der Waals surface area contributed by atoms with Gasteiger partial charge in [-0.3, -0.25) is 4.79 Å². The number of amides is 1. The number of carbonyl (C=O) groups is 1. The van der Waals surface area contributed by atoms with Crippen molar-refractivity contribution in [3.63, 3.8) is 0 Å². The van der Waals surface area contributed by atoms with Crippen LogP contribution in [0.4, 0.5) is 11.4 Å². The van der Waals surface area contributed by atoms with Crippen LogP contribution < -0.4 is 15.8 Å². The van der Waals surface area contributed by atoms with Crippen molar-refractivity contribution in [3.05, 3.63) is 41.5 Å². The van der Waals surface area contributed by atoms with E-state index in [0.717, 1.165) is 0 Å². The van der Waals surface area contributed by atoms with E-state index < -0.39 is 0 Å². The van der Waals surface area contributed by atoms with E-state index in [0.29, 0.717) is 32.3 Å². The molecule has 2 aromatic heterocycles. The Balaban J connectivity index is 1.96. The van der Waals surface area contributed by atoms with Crippen LogP contribution in [0.2, 0.25) is 0 Å². The minimum atomic E-state index is -0.304. The van der Waals surface area contributed by atoms with E-state index >= 15 is 0 Å². The second-order valence-electron chi connectivity index (χ2n) is 4.21. The molecule has 3 N–H and O–H groups in total. The molecule has 21 heavy (non-hydrogen) atoms. The van der Waals surface area contributed by atoms with E-state index in [2.05, 4.69) is 15.3 Å². The number of nitrogens with one attached hydrogen (secondary N) is 1. The molecular formula is C14H12N4O2S. The molecule has 0 radical (unpaired) electrons. The summed E-state index contributed by atoms with van der Waals surface area (Å²) in [5.74, 6) is 0.281. The molecule has 0 bridgehead atoms. The molecule has 1 amide bonds. The van der Waals surface area contributed by atoms with Crippen molar-refractivity contribution in [1.82, 2.24) is 9.97 Å². The first kappa shape index (κ1) is 13.3. The summed E-state index contributed by atoms with van der Waals surface area (Å²) in [6, 6.07) is 7.18. The van der Waals surface area contributed by atoms with Crippen molar-refractivity contribution in [1.29, 1.82) is 0 Å². The first-order chi connectivity index (χ1) is 10.2. The van der Waals surface area contributed by atoms with Crippen LogP contribution in [0.3, 0.4) is 0 Å². The van der Waals surface area contributed by atoms with Crippen LogP contribution in [0.5, 0.6) is 5.75 Å². The van der Waals surface area contributed by atoms with Gasteiger partial charge in [0.05, 0.1) is 18.5 Å². The third-order valence-corrected chi connectivity index (χ3v) is 4.03. The Bertz CT molecular complexity index is 816. The van der Waals surface area contributed by atoms with Crippen LogP contribution in [0.15, 0.2) is 36.7 Å². The van der Waals surface area contributed by atoms with Gasteiger partial charge in [0.1, 0.15) is 21.0 Å². The summed E-state index contributed by atoms with van der Waals surface area (Å²) in [5.41, 5.74) is 7.46. The molecule has 0 saturated heterocycles. The zero-order chi connectivity index (χ0) is 14.8. The predicted octanol–water partition coefficient (Wildman–Crippen LogP) is 2.53. The second kappa shape index (κ2) is 5.37. The number of carbonyl (C=O) groups excluding carboxylic acids is 1. The third-order valence-electron chi connectivity index (χ3n) is 2.92. The Hall–Kier alpha value is -2.67. The van der Waals surface area contributed by atoms with E-state index in [-0.39, 0.29) is 5.91 Å².